The largest absolute Gasteiger partial charge is 0.417 e. The normalized spacial score (nSPS) is 15.0. The van der Waals surface area contributed by atoms with Gasteiger partial charge in [-0.1, -0.05) is 35.9 Å². The van der Waals surface area contributed by atoms with Crippen molar-refractivity contribution >= 4 is 23.3 Å². The van der Waals surface area contributed by atoms with E-state index in [0.717, 1.165) is 23.4 Å². The average molecular weight is 478 g/mol. The lowest BCUT2D eigenvalue weighted by Gasteiger charge is -2.32. The summed E-state index contributed by atoms with van der Waals surface area (Å²) >= 11 is 6.05. The van der Waals surface area contributed by atoms with Gasteiger partial charge in [-0.05, 0) is 36.1 Å². The Bertz CT molecular complexity index is 1100. The minimum absolute atomic E-state index is 0.0291. The van der Waals surface area contributed by atoms with Crippen molar-refractivity contribution in [2.24, 2.45) is 5.92 Å². The molecule has 174 valence electrons. The van der Waals surface area contributed by atoms with Crippen molar-refractivity contribution in [2.75, 3.05) is 18.0 Å². The number of aromatic nitrogens is 3. The highest BCUT2D eigenvalue weighted by Gasteiger charge is 2.33. The molecule has 0 unspecified atom stereocenters. The summed E-state index contributed by atoms with van der Waals surface area (Å²) in [5, 5.41) is 7.16. The van der Waals surface area contributed by atoms with Crippen LogP contribution < -0.4 is 10.2 Å². The van der Waals surface area contributed by atoms with Gasteiger partial charge in [0.2, 0.25) is 5.91 Å². The number of nitrogens with zero attached hydrogens (tertiary/aromatic N) is 4. The Labute approximate surface area is 194 Å². The zero-order chi connectivity index (χ0) is 23.4. The van der Waals surface area contributed by atoms with Crippen LogP contribution >= 0.6 is 11.6 Å². The molecule has 0 saturated carbocycles. The van der Waals surface area contributed by atoms with E-state index in [-0.39, 0.29) is 16.8 Å². The summed E-state index contributed by atoms with van der Waals surface area (Å²) in [5.74, 6) is 0.123. The Morgan fingerprint density at radius 3 is 2.58 bits per heavy atom. The third kappa shape index (κ3) is 5.84. The molecule has 33 heavy (non-hydrogen) atoms. The summed E-state index contributed by atoms with van der Waals surface area (Å²) in [7, 11) is 0. The van der Waals surface area contributed by atoms with Gasteiger partial charge in [-0.15, -0.1) is 0 Å². The van der Waals surface area contributed by atoms with Crippen LogP contribution in [0, 0.1) is 5.92 Å². The summed E-state index contributed by atoms with van der Waals surface area (Å²) in [6.07, 6.45) is 1.08. The molecule has 0 aliphatic carbocycles. The fourth-order valence-electron chi connectivity index (χ4n) is 3.92. The molecule has 0 bridgehead atoms. The van der Waals surface area contributed by atoms with E-state index >= 15 is 0 Å². The lowest BCUT2D eigenvalue weighted by Crippen LogP contribution is -2.40. The van der Waals surface area contributed by atoms with Crippen molar-refractivity contribution < 1.29 is 18.0 Å². The van der Waals surface area contributed by atoms with Crippen LogP contribution in [0.3, 0.4) is 0 Å². The molecule has 0 spiro atoms. The van der Waals surface area contributed by atoms with Crippen molar-refractivity contribution in [1.82, 2.24) is 20.1 Å². The van der Waals surface area contributed by atoms with E-state index in [1.807, 2.05) is 46.1 Å². The van der Waals surface area contributed by atoms with Crippen LogP contribution in [0.1, 0.15) is 29.5 Å². The maximum atomic E-state index is 12.8. The van der Waals surface area contributed by atoms with Gasteiger partial charge in [0.25, 0.3) is 0 Å². The standard InChI is InChI=1S/C23H23ClF3N5O/c24-20-12-19(23(25,26)27)14-28-21(20)31-9-5-18(6-10-31)22(33)29-13-16-3-1-4-17(11-16)15-32-8-2-7-30-32/h1-4,7-8,11-12,14,18H,5-6,9-10,13,15H2,(H,29,33). The van der Waals surface area contributed by atoms with Gasteiger partial charge in [-0.25, -0.2) is 4.98 Å². The van der Waals surface area contributed by atoms with Gasteiger partial charge in [-0.3, -0.25) is 9.48 Å². The lowest BCUT2D eigenvalue weighted by molar-refractivity contribution is -0.137. The van der Waals surface area contributed by atoms with E-state index in [1.54, 1.807) is 6.20 Å². The summed E-state index contributed by atoms with van der Waals surface area (Å²) in [6, 6.07) is 10.7. The average Bonchev–Trinajstić information content (AvgIpc) is 3.30. The first-order chi connectivity index (χ1) is 15.8. The molecule has 0 radical (unpaired) electrons. The Morgan fingerprint density at radius 2 is 1.91 bits per heavy atom. The lowest BCUT2D eigenvalue weighted by atomic mass is 9.95. The zero-order valence-corrected chi connectivity index (χ0v) is 18.5. The predicted octanol–water partition coefficient (Wildman–Crippen LogP) is 4.53. The number of hydrogen-bond donors (Lipinski definition) is 1. The number of carbonyl (C=O) groups is 1. The van der Waals surface area contributed by atoms with Crippen molar-refractivity contribution in [3.63, 3.8) is 0 Å². The van der Waals surface area contributed by atoms with E-state index in [2.05, 4.69) is 15.4 Å². The molecule has 1 amide bonds. The number of piperidine rings is 1. The highest BCUT2D eigenvalue weighted by molar-refractivity contribution is 6.33. The first-order valence-corrected chi connectivity index (χ1v) is 11.0. The SMILES string of the molecule is O=C(NCc1cccc(Cn2cccn2)c1)C1CCN(c2ncc(C(F)(F)F)cc2Cl)CC1. The molecule has 1 aliphatic rings. The third-order valence-corrected chi connectivity index (χ3v) is 5.95. The van der Waals surface area contributed by atoms with Crippen LogP contribution in [0.2, 0.25) is 5.02 Å². The molecule has 2 aromatic heterocycles. The van der Waals surface area contributed by atoms with Crippen molar-refractivity contribution in [1.29, 1.82) is 0 Å². The summed E-state index contributed by atoms with van der Waals surface area (Å²) in [6.45, 7) is 2.08. The molecule has 6 nitrogen and oxygen atoms in total. The second kappa shape index (κ2) is 9.82. The minimum atomic E-state index is -4.49. The van der Waals surface area contributed by atoms with Gasteiger partial charge >= 0.3 is 6.18 Å². The minimum Gasteiger partial charge on any atom is -0.355 e. The zero-order valence-electron chi connectivity index (χ0n) is 17.7. The monoisotopic (exact) mass is 477 g/mol. The topological polar surface area (TPSA) is 63.1 Å². The molecule has 1 aromatic carbocycles. The number of halogens is 4. The maximum Gasteiger partial charge on any atom is 0.417 e. The quantitative estimate of drug-likeness (QED) is 0.566. The first-order valence-electron chi connectivity index (χ1n) is 10.6. The number of rotatable bonds is 6. The maximum absolute atomic E-state index is 12.8. The van der Waals surface area contributed by atoms with Crippen molar-refractivity contribution in [2.45, 2.75) is 32.1 Å². The fourth-order valence-corrected chi connectivity index (χ4v) is 4.21. The molecule has 4 rings (SSSR count). The van der Waals surface area contributed by atoms with Crippen LogP contribution in [0.5, 0.6) is 0 Å². The molecule has 10 heteroatoms. The Hall–Kier alpha value is -3.07. The third-order valence-electron chi connectivity index (χ3n) is 5.68. The van der Waals surface area contributed by atoms with Crippen LogP contribution in [0.4, 0.5) is 19.0 Å². The van der Waals surface area contributed by atoms with Crippen LogP contribution in [-0.4, -0.2) is 33.8 Å². The molecular weight excluding hydrogens is 455 g/mol. The van der Waals surface area contributed by atoms with Gasteiger partial charge in [0.05, 0.1) is 17.1 Å². The van der Waals surface area contributed by atoms with Gasteiger partial charge in [-0.2, -0.15) is 18.3 Å². The number of carbonyl (C=O) groups excluding carboxylic acids is 1. The Kier molecular flexibility index (Phi) is 6.88. The number of amides is 1. The molecule has 1 aliphatic heterocycles. The fraction of sp³-hybridized carbons (Fsp3) is 0.348. The van der Waals surface area contributed by atoms with Gasteiger partial charge in [0, 0.05) is 44.1 Å². The number of benzene rings is 1. The van der Waals surface area contributed by atoms with Crippen molar-refractivity contribution in [3.05, 3.63) is 76.7 Å². The number of anilines is 1. The number of alkyl halides is 3. The number of pyridine rings is 1. The van der Waals surface area contributed by atoms with Crippen molar-refractivity contribution in [3.8, 4) is 0 Å². The van der Waals surface area contributed by atoms with Crippen LogP contribution in [0.25, 0.3) is 0 Å². The highest BCUT2D eigenvalue weighted by Crippen LogP contribution is 2.34. The smallest absolute Gasteiger partial charge is 0.355 e. The van der Waals surface area contributed by atoms with Gasteiger partial charge in [0.1, 0.15) is 5.82 Å². The van der Waals surface area contributed by atoms with E-state index in [1.165, 1.54) is 0 Å². The van der Waals surface area contributed by atoms with E-state index in [9.17, 15) is 18.0 Å². The molecule has 1 fully saturated rings. The number of hydrogen-bond acceptors (Lipinski definition) is 4. The molecule has 1 saturated heterocycles. The van der Waals surface area contributed by atoms with Gasteiger partial charge in [0.15, 0.2) is 0 Å². The Morgan fingerprint density at radius 1 is 1.15 bits per heavy atom. The summed E-state index contributed by atoms with van der Waals surface area (Å²) < 4.78 is 40.3. The second-order valence-corrected chi connectivity index (χ2v) is 8.44. The molecule has 0 atom stereocenters. The molecular formula is C23H23ClF3N5O. The van der Waals surface area contributed by atoms with Crippen LogP contribution in [0.15, 0.2) is 55.0 Å². The molecule has 1 N–H and O–H groups in total. The van der Waals surface area contributed by atoms with Crippen LogP contribution in [-0.2, 0) is 24.1 Å². The first kappa shape index (κ1) is 23.1. The summed E-state index contributed by atoms with van der Waals surface area (Å²) in [4.78, 5) is 18.4. The Balaban J connectivity index is 1.29. The number of nitrogens with one attached hydrogen (secondary N) is 1. The van der Waals surface area contributed by atoms with E-state index in [0.29, 0.717) is 44.8 Å². The second-order valence-electron chi connectivity index (χ2n) is 8.03. The molecule has 3 heterocycles. The van der Waals surface area contributed by atoms with E-state index < -0.39 is 11.7 Å². The predicted molar refractivity (Wildman–Crippen MR) is 119 cm³/mol. The van der Waals surface area contributed by atoms with E-state index in [4.69, 9.17) is 11.6 Å². The molecule has 3 aromatic rings. The van der Waals surface area contributed by atoms with Gasteiger partial charge < -0.3 is 10.2 Å². The highest BCUT2D eigenvalue weighted by atomic mass is 35.5. The summed E-state index contributed by atoms with van der Waals surface area (Å²) in [5.41, 5.74) is 1.23.